The third-order valence-corrected chi connectivity index (χ3v) is 4.50. The van der Waals surface area contributed by atoms with Gasteiger partial charge in [0.25, 0.3) is 5.91 Å². The molecule has 0 saturated heterocycles. The quantitative estimate of drug-likeness (QED) is 0.798. The zero-order valence-electron chi connectivity index (χ0n) is 15.5. The number of fused-ring (bicyclic) bond motifs is 1. The fraction of sp³-hybridized carbons (Fsp3) is 0.273. The minimum absolute atomic E-state index is 0.134. The summed E-state index contributed by atoms with van der Waals surface area (Å²) in [4.78, 5) is 24.6. The van der Waals surface area contributed by atoms with Crippen LogP contribution in [0.3, 0.4) is 0 Å². The van der Waals surface area contributed by atoms with Crippen molar-refractivity contribution in [3.05, 3.63) is 71.3 Å². The first-order valence-electron chi connectivity index (χ1n) is 9.00. The lowest BCUT2D eigenvalue weighted by atomic mass is 10.0. The SMILES string of the molecule is C[C@H](OC(=O)C1=Cc2ccccc2OC1)C(=O)NC[C@H](C)c1ccccc1. The van der Waals surface area contributed by atoms with Crippen molar-refractivity contribution in [3.63, 3.8) is 0 Å². The summed E-state index contributed by atoms with van der Waals surface area (Å²) in [6, 6.07) is 17.4. The highest BCUT2D eigenvalue weighted by atomic mass is 16.6. The third-order valence-electron chi connectivity index (χ3n) is 4.50. The summed E-state index contributed by atoms with van der Waals surface area (Å²) in [5, 5.41) is 2.84. The van der Waals surface area contributed by atoms with Gasteiger partial charge in [0, 0.05) is 12.1 Å². The summed E-state index contributed by atoms with van der Waals surface area (Å²) in [6.45, 7) is 4.21. The summed E-state index contributed by atoms with van der Waals surface area (Å²) >= 11 is 0. The van der Waals surface area contributed by atoms with E-state index in [4.69, 9.17) is 9.47 Å². The zero-order chi connectivity index (χ0) is 19.2. The van der Waals surface area contributed by atoms with Crippen LogP contribution in [0.15, 0.2) is 60.2 Å². The summed E-state index contributed by atoms with van der Waals surface area (Å²) < 4.78 is 10.9. The van der Waals surface area contributed by atoms with Gasteiger partial charge < -0.3 is 14.8 Å². The van der Waals surface area contributed by atoms with E-state index in [-0.39, 0.29) is 18.4 Å². The molecule has 2 atom stereocenters. The van der Waals surface area contributed by atoms with Crippen molar-refractivity contribution in [2.24, 2.45) is 0 Å². The number of hydrogen-bond acceptors (Lipinski definition) is 4. The Morgan fingerprint density at radius 1 is 1.07 bits per heavy atom. The van der Waals surface area contributed by atoms with E-state index in [0.29, 0.717) is 12.1 Å². The van der Waals surface area contributed by atoms with Crippen LogP contribution in [-0.4, -0.2) is 31.1 Å². The number of carbonyl (C=O) groups excluding carboxylic acids is 2. The van der Waals surface area contributed by atoms with Gasteiger partial charge in [-0.1, -0.05) is 55.5 Å². The molecule has 0 unspecified atom stereocenters. The van der Waals surface area contributed by atoms with E-state index in [1.54, 1.807) is 13.0 Å². The molecule has 140 valence electrons. The maximum atomic E-state index is 12.3. The smallest absolute Gasteiger partial charge is 0.338 e. The Bertz CT molecular complexity index is 844. The van der Waals surface area contributed by atoms with Gasteiger partial charge in [-0.15, -0.1) is 0 Å². The molecule has 2 aromatic rings. The van der Waals surface area contributed by atoms with E-state index in [0.717, 1.165) is 16.9 Å². The van der Waals surface area contributed by atoms with Gasteiger partial charge in [-0.05, 0) is 30.5 Å². The number of nitrogens with one attached hydrogen (secondary N) is 1. The fourth-order valence-electron chi connectivity index (χ4n) is 2.82. The number of benzene rings is 2. The van der Waals surface area contributed by atoms with Crippen LogP contribution in [0.4, 0.5) is 0 Å². The van der Waals surface area contributed by atoms with Crippen molar-refractivity contribution < 1.29 is 19.1 Å². The number of para-hydroxylation sites is 1. The van der Waals surface area contributed by atoms with Crippen molar-refractivity contribution in [1.82, 2.24) is 5.32 Å². The van der Waals surface area contributed by atoms with E-state index in [1.807, 2.05) is 61.5 Å². The Morgan fingerprint density at radius 2 is 1.78 bits per heavy atom. The van der Waals surface area contributed by atoms with Gasteiger partial charge in [0.2, 0.25) is 0 Å². The van der Waals surface area contributed by atoms with Crippen molar-refractivity contribution in [2.45, 2.75) is 25.9 Å². The summed E-state index contributed by atoms with van der Waals surface area (Å²) in [5.41, 5.74) is 2.36. The molecule has 3 rings (SSSR count). The van der Waals surface area contributed by atoms with E-state index in [2.05, 4.69) is 5.32 Å². The Morgan fingerprint density at radius 3 is 2.56 bits per heavy atom. The van der Waals surface area contributed by atoms with Crippen LogP contribution in [0.5, 0.6) is 5.75 Å². The van der Waals surface area contributed by atoms with Crippen LogP contribution in [-0.2, 0) is 14.3 Å². The van der Waals surface area contributed by atoms with Gasteiger partial charge in [-0.25, -0.2) is 4.79 Å². The van der Waals surface area contributed by atoms with E-state index >= 15 is 0 Å². The largest absolute Gasteiger partial charge is 0.488 e. The summed E-state index contributed by atoms with van der Waals surface area (Å²) in [5.74, 6) is 0.0471. The standard InChI is InChI=1S/C22H23NO4/c1-15(17-8-4-3-5-9-17)13-23-21(24)16(2)27-22(25)19-12-18-10-6-7-11-20(18)26-14-19/h3-12,15-16H,13-14H2,1-2H3,(H,23,24)/t15-,16-/m0/s1. The van der Waals surface area contributed by atoms with Crippen LogP contribution in [0.1, 0.15) is 30.9 Å². The zero-order valence-corrected chi connectivity index (χ0v) is 15.5. The van der Waals surface area contributed by atoms with Crippen molar-refractivity contribution in [1.29, 1.82) is 0 Å². The first-order chi connectivity index (χ1) is 13.0. The predicted molar refractivity (Wildman–Crippen MR) is 103 cm³/mol. The summed E-state index contributed by atoms with van der Waals surface area (Å²) in [7, 11) is 0. The molecular weight excluding hydrogens is 342 g/mol. The third kappa shape index (κ3) is 4.76. The van der Waals surface area contributed by atoms with Crippen LogP contribution >= 0.6 is 0 Å². The molecule has 1 heterocycles. The molecule has 1 aliphatic heterocycles. The molecule has 5 heteroatoms. The van der Waals surface area contributed by atoms with Crippen LogP contribution < -0.4 is 10.1 Å². The minimum Gasteiger partial charge on any atom is -0.488 e. The summed E-state index contributed by atoms with van der Waals surface area (Å²) in [6.07, 6.45) is 0.863. The molecule has 0 bridgehead atoms. The van der Waals surface area contributed by atoms with Gasteiger partial charge in [0.1, 0.15) is 12.4 Å². The van der Waals surface area contributed by atoms with Gasteiger partial charge in [-0.3, -0.25) is 4.79 Å². The van der Waals surface area contributed by atoms with Crippen LogP contribution in [0, 0.1) is 0 Å². The second-order valence-electron chi connectivity index (χ2n) is 6.60. The Labute approximate surface area is 159 Å². The molecule has 0 spiro atoms. The maximum Gasteiger partial charge on any atom is 0.338 e. The van der Waals surface area contributed by atoms with Crippen molar-refractivity contribution in [2.75, 3.05) is 13.2 Å². The van der Waals surface area contributed by atoms with Crippen molar-refractivity contribution in [3.8, 4) is 5.75 Å². The molecule has 27 heavy (non-hydrogen) atoms. The first kappa shape index (κ1) is 18.7. The van der Waals surface area contributed by atoms with Gasteiger partial charge >= 0.3 is 5.97 Å². The van der Waals surface area contributed by atoms with Gasteiger partial charge in [0.15, 0.2) is 6.10 Å². The molecule has 0 saturated carbocycles. The van der Waals surface area contributed by atoms with Crippen molar-refractivity contribution >= 4 is 18.0 Å². The van der Waals surface area contributed by atoms with Crippen LogP contribution in [0.25, 0.3) is 6.08 Å². The van der Waals surface area contributed by atoms with E-state index in [9.17, 15) is 9.59 Å². The molecule has 0 radical (unpaired) electrons. The lowest BCUT2D eigenvalue weighted by Gasteiger charge is -2.19. The second kappa shape index (κ2) is 8.54. The molecule has 5 nitrogen and oxygen atoms in total. The average molecular weight is 365 g/mol. The predicted octanol–water partition coefficient (Wildman–Crippen LogP) is 3.31. The number of carbonyl (C=O) groups is 2. The molecule has 0 aliphatic carbocycles. The molecule has 1 N–H and O–H groups in total. The van der Waals surface area contributed by atoms with E-state index < -0.39 is 12.1 Å². The lowest BCUT2D eigenvalue weighted by molar-refractivity contribution is -0.151. The first-order valence-corrected chi connectivity index (χ1v) is 9.00. The van der Waals surface area contributed by atoms with Gasteiger partial charge in [0.05, 0.1) is 5.57 Å². The normalized spacial score (nSPS) is 14.8. The highest BCUT2D eigenvalue weighted by molar-refractivity contribution is 5.96. The van der Waals surface area contributed by atoms with Gasteiger partial charge in [-0.2, -0.15) is 0 Å². The highest BCUT2D eigenvalue weighted by Crippen LogP contribution is 2.26. The van der Waals surface area contributed by atoms with Crippen LogP contribution in [0.2, 0.25) is 0 Å². The molecule has 0 aromatic heterocycles. The highest BCUT2D eigenvalue weighted by Gasteiger charge is 2.23. The average Bonchev–Trinajstić information content (AvgIpc) is 2.71. The molecule has 1 amide bonds. The number of hydrogen-bond donors (Lipinski definition) is 1. The molecular formula is C22H23NO4. The Balaban J connectivity index is 1.52. The topological polar surface area (TPSA) is 64.6 Å². The number of esters is 1. The number of amides is 1. The molecule has 2 aromatic carbocycles. The van der Waals surface area contributed by atoms with E-state index in [1.165, 1.54) is 0 Å². The lowest BCUT2D eigenvalue weighted by Crippen LogP contribution is -2.38. The molecule has 1 aliphatic rings. The number of rotatable bonds is 6. The Kier molecular flexibility index (Phi) is 5.91. The molecule has 0 fully saturated rings. The fourth-order valence-corrected chi connectivity index (χ4v) is 2.82. The number of ether oxygens (including phenoxy) is 2. The second-order valence-corrected chi connectivity index (χ2v) is 6.60. The monoisotopic (exact) mass is 365 g/mol. The minimum atomic E-state index is -0.876. The maximum absolute atomic E-state index is 12.3. The Hall–Kier alpha value is -3.08.